The summed E-state index contributed by atoms with van der Waals surface area (Å²) in [6.45, 7) is 0.120. The van der Waals surface area contributed by atoms with Crippen LogP contribution >= 0.6 is 0 Å². The smallest absolute Gasteiger partial charge is 0.293 e. The van der Waals surface area contributed by atoms with E-state index in [0.717, 1.165) is 0 Å². The van der Waals surface area contributed by atoms with Crippen molar-refractivity contribution in [3.05, 3.63) is 59.2 Å². The van der Waals surface area contributed by atoms with Crippen molar-refractivity contribution in [3.8, 4) is 17.2 Å². The van der Waals surface area contributed by atoms with Gasteiger partial charge in [0.05, 0.1) is 18.7 Å². The maximum Gasteiger partial charge on any atom is 0.293 e. The summed E-state index contributed by atoms with van der Waals surface area (Å²) >= 11 is 0. The second kappa shape index (κ2) is 6.11. The van der Waals surface area contributed by atoms with Gasteiger partial charge in [0.25, 0.3) is 11.7 Å². The molecule has 0 spiro atoms. The lowest BCUT2D eigenvalue weighted by Gasteiger charge is -2.14. The first kappa shape index (κ1) is 16.0. The van der Waals surface area contributed by atoms with Gasteiger partial charge >= 0.3 is 0 Å². The van der Waals surface area contributed by atoms with Crippen LogP contribution in [0.4, 0.5) is 0 Å². The van der Waals surface area contributed by atoms with Crippen LogP contribution in [-0.4, -0.2) is 30.7 Å². The van der Waals surface area contributed by atoms with Gasteiger partial charge in [0.15, 0.2) is 11.5 Å². The molecule has 1 fully saturated rings. The van der Waals surface area contributed by atoms with Crippen molar-refractivity contribution >= 4 is 17.4 Å². The summed E-state index contributed by atoms with van der Waals surface area (Å²) in [4.78, 5) is 24.3. The van der Waals surface area contributed by atoms with Crippen molar-refractivity contribution in [1.82, 2.24) is 5.32 Å². The normalized spacial score (nSPS) is 20.1. The van der Waals surface area contributed by atoms with Crippen LogP contribution in [0.2, 0.25) is 0 Å². The highest BCUT2D eigenvalue weighted by Gasteiger charge is 2.40. The third-order valence-corrected chi connectivity index (χ3v) is 4.36. The molecule has 2 aliphatic heterocycles. The highest BCUT2D eigenvalue weighted by molar-refractivity contribution is 6.46. The standard InChI is InChI=1S/C19H15NO6/c1-24-12-5-2-10(3-6-12)17(21)15-16(20-19(23)18(15)22)11-4-7-13-14(8-11)26-9-25-13/h2-8,16,21H,9H2,1H3,(H,20,23)/b17-15-. The van der Waals surface area contributed by atoms with E-state index in [1.165, 1.54) is 7.11 Å². The molecule has 7 nitrogen and oxygen atoms in total. The molecule has 4 rings (SSSR count). The topological polar surface area (TPSA) is 94.1 Å². The van der Waals surface area contributed by atoms with Crippen LogP contribution in [0.25, 0.3) is 5.76 Å². The zero-order valence-corrected chi connectivity index (χ0v) is 13.8. The summed E-state index contributed by atoms with van der Waals surface area (Å²) in [5.41, 5.74) is 1.03. The van der Waals surface area contributed by atoms with E-state index in [2.05, 4.69) is 5.32 Å². The number of carbonyl (C=O) groups is 2. The van der Waals surface area contributed by atoms with Gasteiger partial charge in [0.1, 0.15) is 11.5 Å². The highest BCUT2D eigenvalue weighted by atomic mass is 16.7. The number of ether oxygens (including phenoxy) is 3. The number of benzene rings is 2. The van der Waals surface area contributed by atoms with Crippen LogP contribution in [0.3, 0.4) is 0 Å². The molecule has 0 aliphatic carbocycles. The first-order valence-electron chi connectivity index (χ1n) is 7.91. The number of fused-ring (bicyclic) bond motifs is 1. The minimum atomic E-state index is -0.772. The number of rotatable bonds is 3. The van der Waals surface area contributed by atoms with Gasteiger partial charge in [-0.2, -0.15) is 0 Å². The molecule has 1 amide bonds. The zero-order valence-electron chi connectivity index (χ0n) is 13.8. The van der Waals surface area contributed by atoms with E-state index in [4.69, 9.17) is 14.2 Å². The van der Waals surface area contributed by atoms with Gasteiger partial charge in [-0.3, -0.25) is 9.59 Å². The third-order valence-electron chi connectivity index (χ3n) is 4.36. The predicted octanol–water partition coefficient (Wildman–Crippen LogP) is 2.13. The Morgan fingerprint density at radius 3 is 2.58 bits per heavy atom. The number of aliphatic hydroxyl groups excluding tert-OH is 1. The molecule has 0 bridgehead atoms. The van der Waals surface area contributed by atoms with E-state index in [0.29, 0.717) is 28.4 Å². The molecule has 0 radical (unpaired) electrons. The Morgan fingerprint density at radius 2 is 1.85 bits per heavy atom. The van der Waals surface area contributed by atoms with Gasteiger partial charge in [-0.25, -0.2) is 0 Å². The molecular formula is C19H15NO6. The molecule has 1 atom stereocenters. The third kappa shape index (κ3) is 2.54. The van der Waals surface area contributed by atoms with E-state index < -0.39 is 17.7 Å². The molecule has 7 heteroatoms. The van der Waals surface area contributed by atoms with Crippen molar-refractivity contribution in [3.63, 3.8) is 0 Å². The molecule has 0 aromatic heterocycles. The number of aliphatic hydroxyl groups is 1. The average Bonchev–Trinajstić information content (AvgIpc) is 3.25. The molecule has 2 heterocycles. The Morgan fingerprint density at radius 1 is 1.12 bits per heavy atom. The fourth-order valence-electron chi connectivity index (χ4n) is 3.01. The second-order valence-electron chi connectivity index (χ2n) is 5.84. The van der Waals surface area contributed by atoms with Crippen LogP contribution in [-0.2, 0) is 9.59 Å². The average molecular weight is 353 g/mol. The molecule has 0 saturated carbocycles. The zero-order chi connectivity index (χ0) is 18.3. The molecule has 1 unspecified atom stereocenters. The second-order valence-corrected chi connectivity index (χ2v) is 5.84. The summed E-state index contributed by atoms with van der Waals surface area (Å²) in [5, 5.41) is 13.3. The summed E-state index contributed by atoms with van der Waals surface area (Å²) in [6, 6.07) is 10.9. The monoisotopic (exact) mass is 353 g/mol. The Hall–Kier alpha value is -3.48. The number of amides is 1. The van der Waals surface area contributed by atoms with Gasteiger partial charge in [0.2, 0.25) is 6.79 Å². The molecule has 2 aromatic carbocycles. The van der Waals surface area contributed by atoms with Crippen LogP contribution in [0, 0.1) is 0 Å². The van der Waals surface area contributed by atoms with Crippen molar-refractivity contribution in [2.24, 2.45) is 0 Å². The van der Waals surface area contributed by atoms with E-state index in [1.54, 1.807) is 42.5 Å². The van der Waals surface area contributed by atoms with E-state index >= 15 is 0 Å². The van der Waals surface area contributed by atoms with Gasteiger partial charge in [-0.15, -0.1) is 0 Å². The quantitative estimate of drug-likeness (QED) is 0.499. The maximum atomic E-state index is 12.4. The van der Waals surface area contributed by atoms with E-state index in [-0.39, 0.29) is 18.1 Å². The minimum Gasteiger partial charge on any atom is -0.507 e. The molecule has 132 valence electrons. The number of hydrogen-bond donors (Lipinski definition) is 2. The lowest BCUT2D eigenvalue weighted by Crippen LogP contribution is -2.21. The summed E-state index contributed by atoms with van der Waals surface area (Å²) in [7, 11) is 1.53. The molecule has 2 aliphatic rings. The van der Waals surface area contributed by atoms with Gasteiger partial charge in [-0.05, 0) is 42.0 Å². The number of methoxy groups -OCH3 is 1. The van der Waals surface area contributed by atoms with Crippen molar-refractivity contribution in [2.75, 3.05) is 13.9 Å². The first-order valence-corrected chi connectivity index (χ1v) is 7.91. The largest absolute Gasteiger partial charge is 0.507 e. The summed E-state index contributed by atoms with van der Waals surface area (Å²) in [6.07, 6.45) is 0. The van der Waals surface area contributed by atoms with Gasteiger partial charge in [-0.1, -0.05) is 6.07 Å². The Kier molecular flexibility index (Phi) is 3.76. The van der Waals surface area contributed by atoms with Gasteiger partial charge < -0.3 is 24.6 Å². The number of ketones is 1. The molecule has 26 heavy (non-hydrogen) atoms. The summed E-state index contributed by atoms with van der Waals surface area (Å²) < 4.78 is 15.7. The van der Waals surface area contributed by atoms with E-state index in [9.17, 15) is 14.7 Å². The fraction of sp³-hybridized carbons (Fsp3) is 0.158. The lowest BCUT2D eigenvalue weighted by molar-refractivity contribution is -0.133. The van der Waals surface area contributed by atoms with Crippen LogP contribution in [0.1, 0.15) is 17.2 Å². The number of nitrogens with one attached hydrogen (secondary N) is 1. The SMILES string of the molecule is COc1ccc(/C(O)=C2/C(=O)C(=O)NC2c2ccc3c(c2)OCO3)cc1. The summed E-state index contributed by atoms with van der Waals surface area (Å²) in [5.74, 6) is -0.0399. The Bertz CT molecular complexity index is 932. The molecular weight excluding hydrogens is 338 g/mol. The molecule has 2 N–H and O–H groups in total. The number of carbonyl (C=O) groups excluding carboxylic acids is 2. The first-order chi connectivity index (χ1) is 12.6. The van der Waals surface area contributed by atoms with Crippen LogP contribution < -0.4 is 19.5 Å². The molecule has 1 saturated heterocycles. The Labute approximate surface area is 148 Å². The minimum absolute atomic E-state index is 0.000896. The Balaban J connectivity index is 1.78. The van der Waals surface area contributed by atoms with Crippen LogP contribution in [0.5, 0.6) is 17.2 Å². The van der Waals surface area contributed by atoms with Gasteiger partial charge in [0, 0.05) is 5.56 Å². The van der Waals surface area contributed by atoms with Crippen molar-refractivity contribution in [2.45, 2.75) is 6.04 Å². The van der Waals surface area contributed by atoms with Crippen molar-refractivity contribution < 1.29 is 28.9 Å². The lowest BCUT2D eigenvalue weighted by atomic mass is 9.95. The number of hydrogen-bond acceptors (Lipinski definition) is 6. The van der Waals surface area contributed by atoms with Crippen LogP contribution in [0.15, 0.2) is 48.0 Å². The fourth-order valence-corrected chi connectivity index (χ4v) is 3.01. The molecule has 2 aromatic rings. The predicted molar refractivity (Wildman–Crippen MR) is 91.0 cm³/mol. The maximum absolute atomic E-state index is 12.4. The van der Waals surface area contributed by atoms with E-state index in [1.807, 2.05) is 0 Å². The van der Waals surface area contributed by atoms with Crippen molar-refractivity contribution in [1.29, 1.82) is 0 Å². The highest BCUT2D eigenvalue weighted by Crippen LogP contribution is 2.38. The number of Topliss-reactive ketones (excluding diaryl/α,β-unsaturated/α-hetero) is 1.